The minimum atomic E-state index is -4.95. The number of hydrogen-bond acceptors (Lipinski definition) is 4. The summed E-state index contributed by atoms with van der Waals surface area (Å²) >= 11 is 0. The number of anilines is 1. The van der Waals surface area contributed by atoms with Gasteiger partial charge in [0.25, 0.3) is 0 Å². The molecule has 5 nitrogen and oxygen atoms in total. The monoisotopic (exact) mass is 512 g/mol. The summed E-state index contributed by atoms with van der Waals surface area (Å²) in [4.78, 5) is 12.5. The van der Waals surface area contributed by atoms with Gasteiger partial charge in [0.2, 0.25) is 0 Å². The number of hydrogen-bond donors (Lipinski definition) is 1. The molecule has 2 aromatic carbocycles. The van der Waals surface area contributed by atoms with E-state index in [0.29, 0.717) is 23.7 Å². The van der Waals surface area contributed by atoms with Crippen LogP contribution >= 0.6 is 12.4 Å². The molecule has 9 heteroatoms. The van der Waals surface area contributed by atoms with E-state index in [2.05, 4.69) is 17.4 Å². The summed E-state index contributed by atoms with van der Waals surface area (Å²) in [7, 11) is 1.14. The minimum Gasteiger partial charge on any atom is -0.491 e. The first-order valence-corrected chi connectivity index (χ1v) is 11.7. The Kier molecular flexibility index (Phi) is 8.40. The van der Waals surface area contributed by atoms with Crippen molar-refractivity contribution in [3.63, 3.8) is 0 Å². The smallest absolute Gasteiger partial charge is 0.471 e. The Balaban J connectivity index is 0.00000342. The lowest BCUT2D eigenvalue weighted by Crippen LogP contribution is -2.48. The van der Waals surface area contributed by atoms with E-state index in [1.165, 1.54) is 6.07 Å². The van der Waals surface area contributed by atoms with Gasteiger partial charge in [0.15, 0.2) is 0 Å². The highest BCUT2D eigenvalue weighted by Crippen LogP contribution is 2.50. The molecule has 3 atom stereocenters. The molecular formula is C26H32ClF3N2O3. The van der Waals surface area contributed by atoms with Gasteiger partial charge in [-0.25, -0.2) is 0 Å². The number of rotatable bonds is 5. The third-order valence-electron chi connectivity index (χ3n) is 6.68. The highest BCUT2D eigenvalue weighted by molar-refractivity contribution is 5.97. The maximum absolute atomic E-state index is 13.0. The predicted octanol–water partition coefficient (Wildman–Crippen LogP) is 5.79. The molecule has 0 radical (unpaired) electrons. The van der Waals surface area contributed by atoms with E-state index >= 15 is 0 Å². The molecule has 2 heterocycles. The van der Waals surface area contributed by atoms with Crippen LogP contribution in [-0.2, 0) is 9.53 Å². The van der Waals surface area contributed by atoms with Gasteiger partial charge in [0.1, 0.15) is 5.75 Å². The second-order valence-electron chi connectivity index (χ2n) is 9.43. The van der Waals surface area contributed by atoms with E-state index < -0.39 is 17.7 Å². The van der Waals surface area contributed by atoms with Crippen molar-refractivity contribution >= 4 is 24.0 Å². The number of alkyl halides is 3. The molecule has 0 aliphatic carbocycles. The van der Waals surface area contributed by atoms with E-state index in [4.69, 9.17) is 9.47 Å². The molecule has 2 aliphatic heterocycles. The Morgan fingerprint density at radius 3 is 2.57 bits per heavy atom. The number of nitrogens with zero attached hydrogens (tertiary/aromatic N) is 1. The topological polar surface area (TPSA) is 50.8 Å². The Morgan fingerprint density at radius 1 is 1.20 bits per heavy atom. The molecule has 4 rings (SSSR count). The van der Waals surface area contributed by atoms with Crippen LogP contribution in [0.1, 0.15) is 56.2 Å². The first kappa shape index (κ1) is 27.3. The van der Waals surface area contributed by atoms with E-state index in [1.54, 1.807) is 12.1 Å². The first-order chi connectivity index (χ1) is 16.1. The number of benzene rings is 2. The van der Waals surface area contributed by atoms with Gasteiger partial charge in [0, 0.05) is 24.2 Å². The number of piperidine rings is 1. The van der Waals surface area contributed by atoms with E-state index in [-0.39, 0.29) is 36.2 Å². The quantitative estimate of drug-likeness (QED) is 0.551. The van der Waals surface area contributed by atoms with Gasteiger partial charge in [-0.2, -0.15) is 13.2 Å². The molecule has 2 aliphatic rings. The van der Waals surface area contributed by atoms with Crippen LogP contribution in [0.5, 0.6) is 5.75 Å². The molecule has 35 heavy (non-hydrogen) atoms. The number of ether oxygens (including phenoxy) is 2. The average Bonchev–Trinajstić information content (AvgIpc) is 3.22. The van der Waals surface area contributed by atoms with E-state index in [9.17, 15) is 18.0 Å². The summed E-state index contributed by atoms with van der Waals surface area (Å²) in [5.74, 6) is -1.37. The number of halogens is 4. The standard InChI is InChI=1S/C26H31F3N2O3.ClH/c1-17(2)34-22-11-10-20(31(3)24(32)26(27,28)29)14-21(22)19-15-25(33-16-19)12-7-13-30-23(25)18-8-5-4-6-9-18;/h4-6,8-11,14,17,19,23,30H,7,12-13,15-16H2,1-3H3;1H/t19-,23+,25-;/m1./s1. The van der Waals surface area contributed by atoms with Crippen LogP contribution in [-0.4, -0.2) is 44.0 Å². The molecule has 192 valence electrons. The third-order valence-corrected chi connectivity index (χ3v) is 6.68. The fourth-order valence-corrected chi connectivity index (χ4v) is 5.14. The second kappa shape index (κ2) is 10.8. The molecule has 0 unspecified atom stereocenters. The lowest BCUT2D eigenvalue weighted by molar-refractivity contribution is -0.170. The van der Waals surface area contributed by atoms with Crippen LogP contribution in [0.4, 0.5) is 18.9 Å². The van der Waals surface area contributed by atoms with Gasteiger partial charge in [-0.3, -0.25) is 4.79 Å². The summed E-state index contributed by atoms with van der Waals surface area (Å²) < 4.78 is 51.6. The summed E-state index contributed by atoms with van der Waals surface area (Å²) in [6, 6.07) is 15.0. The molecular weight excluding hydrogens is 481 g/mol. The molecule has 0 bridgehead atoms. The largest absolute Gasteiger partial charge is 0.491 e. The zero-order valence-corrected chi connectivity index (χ0v) is 20.9. The van der Waals surface area contributed by atoms with Gasteiger partial charge < -0.3 is 19.7 Å². The van der Waals surface area contributed by atoms with Crippen LogP contribution in [0.15, 0.2) is 48.5 Å². The van der Waals surface area contributed by atoms with Crippen LogP contribution in [0.2, 0.25) is 0 Å². The summed E-state index contributed by atoms with van der Waals surface area (Å²) in [6.07, 6.45) is -2.48. The second-order valence-corrected chi connectivity index (χ2v) is 9.43. The van der Waals surface area contributed by atoms with Crippen LogP contribution in [0.25, 0.3) is 0 Å². The van der Waals surface area contributed by atoms with Crippen molar-refractivity contribution in [1.29, 1.82) is 0 Å². The van der Waals surface area contributed by atoms with Gasteiger partial charge in [-0.05, 0) is 63.4 Å². The number of carbonyl (C=O) groups is 1. The van der Waals surface area contributed by atoms with Gasteiger partial charge in [0.05, 0.1) is 24.4 Å². The van der Waals surface area contributed by atoms with Crippen molar-refractivity contribution in [2.45, 2.75) is 63.0 Å². The van der Waals surface area contributed by atoms with Crippen molar-refractivity contribution < 1.29 is 27.4 Å². The van der Waals surface area contributed by atoms with Crippen molar-refractivity contribution in [2.24, 2.45) is 0 Å². The van der Waals surface area contributed by atoms with Crippen LogP contribution < -0.4 is 15.0 Å². The summed E-state index contributed by atoms with van der Waals surface area (Å²) in [5, 5.41) is 3.61. The first-order valence-electron chi connectivity index (χ1n) is 11.7. The predicted molar refractivity (Wildman–Crippen MR) is 131 cm³/mol. The maximum Gasteiger partial charge on any atom is 0.471 e. The molecule has 2 aromatic rings. The normalized spacial score (nSPS) is 24.3. The van der Waals surface area contributed by atoms with Crippen molar-refractivity contribution in [3.05, 3.63) is 59.7 Å². The van der Waals surface area contributed by atoms with Crippen LogP contribution in [0, 0.1) is 0 Å². The molecule has 2 saturated heterocycles. The van der Waals surface area contributed by atoms with Gasteiger partial charge in [-0.15, -0.1) is 12.4 Å². The summed E-state index contributed by atoms with van der Waals surface area (Å²) in [5.41, 5.74) is 1.69. The fourth-order valence-electron chi connectivity index (χ4n) is 5.14. The maximum atomic E-state index is 13.0. The van der Waals surface area contributed by atoms with Crippen molar-refractivity contribution in [2.75, 3.05) is 25.1 Å². The zero-order chi connectivity index (χ0) is 24.5. The van der Waals surface area contributed by atoms with Crippen LogP contribution in [0.3, 0.4) is 0 Å². The summed E-state index contributed by atoms with van der Waals surface area (Å²) in [6.45, 7) is 5.14. The lowest BCUT2D eigenvalue weighted by atomic mass is 9.77. The number of nitrogens with one attached hydrogen (secondary N) is 1. The lowest BCUT2D eigenvalue weighted by Gasteiger charge is -2.41. The Labute approximate surface area is 210 Å². The number of carbonyl (C=O) groups excluding carboxylic acids is 1. The zero-order valence-electron chi connectivity index (χ0n) is 20.1. The Bertz CT molecular complexity index is 1020. The minimum absolute atomic E-state index is 0. The van der Waals surface area contributed by atoms with E-state index in [0.717, 1.165) is 37.6 Å². The molecule has 0 saturated carbocycles. The molecule has 1 amide bonds. The average molecular weight is 513 g/mol. The highest BCUT2D eigenvalue weighted by atomic mass is 35.5. The molecule has 1 spiro atoms. The highest BCUT2D eigenvalue weighted by Gasteiger charge is 2.49. The molecule has 1 N–H and O–H groups in total. The third kappa shape index (κ3) is 5.76. The number of amides is 1. The fraction of sp³-hybridized carbons (Fsp3) is 0.500. The van der Waals surface area contributed by atoms with E-state index in [1.807, 2.05) is 32.0 Å². The van der Waals surface area contributed by atoms with Crippen molar-refractivity contribution in [1.82, 2.24) is 5.32 Å². The van der Waals surface area contributed by atoms with Crippen molar-refractivity contribution in [3.8, 4) is 5.75 Å². The molecule has 0 aromatic heterocycles. The van der Waals surface area contributed by atoms with Gasteiger partial charge in [-0.1, -0.05) is 30.3 Å². The SMILES string of the molecule is CC(C)Oc1ccc(N(C)C(=O)C(F)(F)F)cc1[C@H]1CO[C@]2(CCCN[C@H]2c2ccccc2)C1.Cl. The Hall–Kier alpha value is -2.29. The Morgan fingerprint density at radius 2 is 1.91 bits per heavy atom. The van der Waals surface area contributed by atoms with Gasteiger partial charge >= 0.3 is 12.1 Å². The molecule has 2 fully saturated rings.